The molecule has 2 aliphatic rings. The number of nitrogens with one attached hydrogen (secondary N) is 1. The molecule has 124 valence electrons. The molecule has 5 nitrogen and oxygen atoms in total. The summed E-state index contributed by atoms with van der Waals surface area (Å²) in [6.07, 6.45) is 6.43. The number of nitrogens with zero attached hydrogens (tertiary/aromatic N) is 1. The molecule has 0 bridgehead atoms. The van der Waals surface area contributed by atoms with E-state index in [0.29, 0.717) is 11.7 Å². The number of benzene rings is 1. The van der Waals surface area contributed by atoms with Gasteiger partial charge in [-0.05, 0) is 36.3 Å². The molecule has 1 N–H and O–H groups in total. The van der Waals surface area contributed by atoms with Crippen LogP contribution >= 0.6 is 0 Å². The Labute approximate surface area is 137 Å². The van der Waals surface area contributed by atoms with Crippen LogP contribution in [-0.4, -0.2) is 26.3 Å². The molecule has 1 aromatic carbocycles. The predicted molar refractivity (Wildman–Crippen MR) is 88.8 cm³/mol. The highest BCUT2D eigenvalue weighted by Gasteiger charge is 2.64. The molecule has 3 rings (SSSR count). The van der Waals surface area contributed by atoms with E-state index in [1.54, 1.807) is 26.5 Å². The fourth-order valence-electron chi connectivity index (χ4n) is 4.01. The lowest BCUT2D eigenvalue weighted by Crippen LogP contribution is -2.22. The van der Waals surface area contributed by atoms with Crippen molar-refractivity contribution in [2.45, 2.75) is 32.6 Å². The third-order valence-electron chi connectivity index (χ3n) is 5.43. The van der Waals surface area contributed by atoms with Crippen LogP contribution in [0.2, 0.25) is 0 Å². The fraction of sp³-hybridized carbons (Fsp3) is 0.556. The Bertz CT molecular complexity index is 629. The van der Waals surface area contributed by atoms with Crippen molar-refractivity contribution in [1.29, 1.82) is 0 Å². The van der Waals surface area contributed by atoms with E-state index in [2.05, 4.69) is 17.5 Å². The van der Waals surface area contributed by atoms with Gasteiger partial charge in [0.25, 0.3) is 0 Å². The maximum atomic E-state index is 12.3. The van der Waals surface area contributed by atoms with E-state index in [9.17, 15) is 4.79 Å². The lowest BCUT2D eigenvalue weighted by atomic mass is 9.90. The van der Waals surface area contributed by atoms with Gasteiger partial charge in [0.2, 0.25) is 5.91 Å². The number of hydrogen-bond donors (Lipinski definition) is 1. The lowest BCUT2D eigenvalue weighted by molar-refractivity contribution is -0.123. The zero-order chi connectivity index (χ0) is 16.4. The summed E-state index contributed by atoms with van der Waals surface area (Å²) in [5.74, 6) is 2.09. The van der Waals surface area contributed by atoms with Gasteiger partial charge in [-0.1, -0.05) is 19.8 Å². The van der Waals surface area contributed by atoms with Gasteiger partial charge in [-0.15, -0.1) is 0 Å². The van der Waals surface area contributed by atoms with Crippen LogP contribution in [0.1, 0.15) is 38.2 Å². The summed E-state index contributed by atoms with van der Waals surface area (Å²) < 4.78 is 10.5. The van der Waals surface area contributed by atoms with Crippen molar-refractivity contribution in [2.75, 3.05) is 14.2 Å². The molecule has 2 aliphatic carbocycles. The number of amides is 1. The minimum Gasteiger partial charge on any atom is -0.497 e. The average Bonchev–Trinajstić information content (AvgIpc) is 3.20. The first-order chi connectivity index (χ1) is 11.1. The SMILES string of the molecule is COc1ccc(/C=N\NC(=O)C2C3CCCCC32C)c(OC)c1. The Morgan fingerprint density at radius 1 is 1.35 bits per heavy atom. The number of fused-ring (bicyclic) bond motifs is 1. The highest BCUT2D eigenvalue weighted by molar-refractivity contribution is 5.87. The predicted octanol–water partition coefficient (Wildman–Crippen LogP) is 2.98. The maximum Gasteiger partial charge on any atom is 0.244 e. The molecule has 2 fully saturated rings. The Kier molecular flexibility index (Phi) is 4.28. The number of rotatable bonds is 5. The van der Waals surface area contributed by atoms with Crippen LogP contribution in [0.4, 0.5) is 0 Å². The standard InChI is InChI=1S/C18H24N2O3/c1-18-9-5-4-6-14(18)16(18)17(21)20-19-11-12-7-8-13(22-2)10-15(12)23-3/h7-8,10-11,14,16H,4-6,9H2,1-3H3,(H,20,21)/b19-11-. The molecule has 5 heteroatoms. The topological polar surface area (TPSA) is 59.9 Å². The zero-order valence-corrected chi connectivity index (χ0v) is 14.0. The second kappa shape index (κ2) is 6.22. The van der Waals surface area contributed by atoms with Gasteiger partial charge in [0.1, 0.15) is 11.5 Å². The van der Waals surface area contributed by atoms with Crippen LogP contribution in [0.5, 0.6) is 11.5 Å². The van der Waals surface area contributed by atoms with Crippen molar-refractivity contribution in [3.05, 3.63) is 23.8 Å². The Hall–Kier alpha value is -2.04. The maximum absolute atomic E-state index is 12.3. The molecule has 0 aliphatic heterocycles. The molecule has 3 unspecified atom stereocenters. The molecule has 3 atom stereocenters. The van der Waals surface area contributed by atoms with E-state index in [4.69, 9.17) is 9.47 Å². The number of carbonyl (C=O) groups is 1. The molecule has 1 amide bonds. The summed E-state index contributed by atoms with van der Waals surface area (Å²) in [5, 5.41) is 4.11. The minimum atomic E-state index is 0.0446. The molecular weight excluding hydrogens is 292 g/mol. The van der Waals surface area contributed by atoms with Crippen molar-refractivity contribution < 1.29 is 14.3 Å². The number of hydrazone groups is 1. The second-order valence-corrected chi connectivity index (χ2v) is 6.68. The van der Waals surface area contributed by atoms with Gasteiger partial charge in [0, 0.05) is 17.5 Å². The first-order valence-electron chi connectivity index (χ1n) is 8.15. The van der Waals surface area contributed by atoms with Gasteiger partial charge in [0.15, 0.2) is 0 Å². The first-order valence-corrected chi connectivity index (χ1v) is 8.15. The summed E-state index contributed by atoms with van der Waals surface area (Å²) in [4.78, 5) is 12.3. The highest BCUT2D eigenvalue weighted by Crippen LogP contribution is 2.66. The van der Waals surface area contributed by atoms with Gasteiger partial charge < -0.3 is 9.47 Å². The van der Waals surface area contributed by atoms with E-state index in [0.717, 1.165) is 17.7 Å². The van der Waals surface area contributed by atoms with Gasteiger partial charge in [-0.3, -0.25) is 4.79 Å². The van der Waals surface area contributed by atoms with Gasteiger partial charge in [-0.25, -0.2) is 5.43 Å². The quantitative estimate of drug-likeness (QED) is 0.671. The van der Waals surface area contributed by atoms with Crippen LogP contribution in [0.3, 0.4) is 0 Å². The van der Waals surface area contributed by atoms with Crippen molar-refractivity contribution >= 4 is 12.1 Å². The normalized spacial score (nSPS) is 29.0. The summed E-state index contributed by atoms with van der Waals surface area (Å²) in [6.45, 7) is 2.23. The largest absolute Gasteiger partial charge is 0.497 e. The molecular formula is C18H24N2O3. The van der Waals surface area contributed by atoms with E-state index in [-0.39, 0.29) is 17.2 Å². The Morgan fingerprint density at radius 2 is 2.17 bits per heavy atom. The molecule has 1 aromatic rings. The number of methoxy groups -OCH3 is 2. The molecule has 0 heterocycles. The number of hydrogen-bond acceptors (Lipinski definition) is 4. The third-order valence-corrected chi connectivity index (χ3v) is 5.43. The molecule has 0 saturated heterocycles. The van der Waals surface area contributed by atoms with Crippen molar-refractivity contribution in [3.63, 3.8) is 0 Å². The Morgan fingerprint density at radius 3 is 2.83 bits per heavy atom. The third kappa shape index (κ3) is 2.92. The summed E-state index contributed by atoms with van der Waals surface area (Å²) in [5.41, 5.74) is 3.70. The lowest BCUT2D eigenvalue weighted by Gasteiger charge is -2.15. The van der Waals surface area contributed by atoms with Crippen molar-refractivity contribution in [1.82, 2.24) is 5.43 Å². The van der Waals surface area contributed by atoms with Gasteiger partial charge in [-0.2, -0.15) is 5.10 Å². The number of ether oxygens (including phenoxy) is 2. The van der Waals surface area contributed by atoms with E-state index >= 15 is 0 Å². The second-order valence-electron chi connectivity index (χ2n) is 6.68. The number of carbonyl (C=O) groups excluding carboxylic acids is 1. The van der Waals surface area contributed by atoms with Crippen LogP contribution in [0.25, 0.3) is 0 Å². The molecule has 0 radical (unpaired) electrons. The van der Waals surface area contributed by atoms with Crippen LogP contribution in [-0.2, 0) is 4.79 Å². The van der Waals surface area contributed by atoms with E-state index < -0.39 is 0 Å². The van der Waals surface area contributed by atoms with E-state index in [1.165, 1.54) is 19.3 Å². The first kappa shape index (κ1) is 15.8. The molecule has 2 saturated carbocycles. The fourth-order valence-corrected chi connectivity index (χ4v) is 4.01. The minimum absolute atomic E-state index is 0.0446. The van der Waals surface area contributed by atoms with Gasteiger partial charge >= 0.3 is 0 Å². The summed E-state index contributed by atoms with van der Waals surface area (Å²) in [6, 6.07) is 5.48. The molecule has 23 heavy (non-hydrogen) atoms. The molecule has 0 spiro atoms. The highest BCUT2D eigenvalue weighted by atomic mass is 16.5. The molecule has 0 aromatic heterocycles. The van der Waals surface area contributed by atoms with Crippen molar-refractivity contribution in [3.8, 4) is 11.5 Å². The zero-order valence-electron chi connectivity index (χ0n) is 14.0. The summed E-state index contributed by atoms with van der Waals surface area (Å²) in [7, 11) is 3.21. The monoisotopic (exact) mass is 316 g/mol. The van der Waals surface area contributed by atoms with Crippen LogP contribution in [0.15, 0.2) is 23.3 Å². The van der Waals surface area contributed by atoms with E-state index in [1.807, 2.05) is 12.1 Å². The van der Waals surface area contributed by atoms with Crippen LogP contribution < -0.4 is 14.9 Å². The smallest absolute Gasteiger partial charge is 0.244 e. The van der Waals surface area contributed by atoms with Gasteiger partial charge in [0.05, 0.1) is 20.4 Å². The average molecular weight is 316 g/mol. The van der Waals surface area contributed by atoms with Crippen molar-refractivity contribution in [2.24, 2.45) is 22.4 Å². The Balaban J connectivity index is 1.62. The van der Waals surface area contributed by atoms with Crippen LogP contribution in [0, 0.1) is 17.3 Å². The summed E-state index contributed by atoms with van der Waals surface area (Å²) >= 11 is 0.